The van der Waals surface area contributed by atoms with Crippen LogP contribution < -0.4 is 15.0 Å². The van der Waals surface area contributed by atoms with Crippen molar-refractivity contribution in [3.05, 3.63) is 69.9 Å². The van der Waals surface area contributed by atoms with Crippen LogP contribution in [0.4, 0.5) is 0 Å². The van der Waals surface area contributed by atoms with Crippen molar-refractivity contribution < 1.29 is 14.6 Å². The highest BCUT2D eigenvalue weighted by atomic mass is 16.5. The van der Waals surface area contributed by atoms with Crippen LogP contribution in [0.2, 0.25) is 0 Å². The molecule has 142 valence electrons. The summed E-state index contributed by atoms with van der Waals surface area (Å²) < 4.78 is 10.6. The summed E-state index contributed by atoms with van der Waals surface area (Å²) >= 11 is 0. The Hall–Kier alpha value is -3.45. The van der Waals surface area contributed by atoms with Gasteiger partial charge in [-0.2, -0.15) is 0 Å². The molecule has 2 aromatic heterocycles. The lowest BCUT2D eigenvalue weighted by Crippen LogP contribution is -2.12. The lowest BCUT2D eigenvalue weighted by molar-refractivity contribution is 0.283. The molecule has 4 rings (SSSR count). The number of ether oxygens (including phenoxy) is 2. The summed E-state index contributed by atoms with van der Waals surface area (Å²) in [7, 11) is 3.06. The van der Waals surface area contributed by atoms with Crippen molar-refractivity contribution in [3.63, 3.8) is 0 Å². The number of hydrogen-bond donors (Lipinski definition) is 2. The number of aliphatic hydroxyl groups excluding tert-OH is 1. The van der Waals surface area contributed by atoms with Crippen LogP contribution in [0.1, 0.15) is 17.0 Å². The fourth-order valence-corrected chi connectivity index (χ4v) is 3.29. The first-order chi connectivity index (χ1) is 13.6. The van der Waals surface area contributed by atoms with Crippen molar-refractivity contribution in [1.82, 2.24) is 15.0 Å². The van der Waals surface area contributed by atoms with Gasteiger partial charge < -0.3 is 19.6 Å². The van der Waals surface area contributed by atoms with Crippen molar-refractivity contribution >= 4 is 21.8 Å². The van der Waals surface area contributed by atoms with Crippen LogP contribution in [0.15, 0.2) is 47.4 Å². The van der Waals surface area contributed by atoms with Gasteiger partial charge in [0.15, 0.2) is 11.5 Å². The van der Waals surface area contributed by atoms with E-state index in [0.29, 0.717) is 34.6 Å². The molecule has 0 amide bonds. The van der Waals surface area contributed by atoms with Gasteiger partial charge in [-0.05, 0) is 17.7 Å². The van der Waals surface area contributed by atoms with Gasteiger partial charge in [0.05, 0.1) is 37.2 Å². The van der Waals surface area contributed by atoms with E-state index in [0.717, 1.165) is 22.0 Å². The molecule has 0 bridgehead atoms. The third-order valence-corrected chi connectivity index (χ3v) is 4.65. The average Bonchev–Trinajstić information content (AvgIpc) is 2.72. The minimum atomic E-state index is -0.239. The van der Waals surface area contributed by atoms with Gasteiger partial charge in [-0.1, -0.05) is 18.2 Å². The summed E-state index contributed by atoms with van der Waals surface area (Å²) in [4.78, 5) is 24.4. The number of rotatable bonds is 5. The molecule has 2 N–H and O–H groups in total. The number of pyridine rings is 1. The number of benzene rings is 2. The SMILES string of the molecule is COc1cc2nc(Cc3cnc4c(CO)cccc4c3)[nH]c(=O)c2cc1OC. The molecule has 0 fully saturated rings. The Kier molecular flexibility index (Phi) is 4.67. The van der Waals surface area contributed by atoms with E-state index in [9.17, 15) is 9.90 Å². The zero-order valence-electron chi connectivity index (χ0n) is 15.5. The van der Waals surface area contributed by atoms with Crippen molar-refractivity contribution in [3.8, 4) is 11.5 Å². The van der Waals surface area contributed by atoms with Gasteiger partial charge in [-0.25, -0.2) is 4.98 Å². The molecule has 4 aromatic rings. The zero-order valence-corrected chi connectivity index (χ0v) is 15.5. The number of nitrogens with one attached hydrogen (secondary N) is 1. The summed E-state index contributed by atoms with van der Waals surface area (Å²) in [6.45, 7) is -0.0610. The number of nitrogens with zero attached hydrogens (tertiary/aromatic N) is 2. The molecule has 0 aliphatic heterocycles. The predicted octanol–water partition coefficient (Wildman–Crippen LogP) is 2.57. The van der Waals surface area contributed by atoms with Gasteiger partial charge in [0.25, 0.3) is 5.56 Å². The van der Waals surface area contributed by atoms with Gasteiger partial charge in [-0.3, -0.25) is 9.78 Å². The minimum absolute atomic E-state index is 0.0610. The largest absolute Gasteiger partial charge is 0.493 e. The molecule has 0 unspecified atom stereocenters. The Morgan fingerprint density at radius 3 is 2.64 bits per heavy atom. The molecule has 7 nitrogen and oxygen atoms in total. The second-order valence-corrected chi connectivity index (χ2v) is 6.40. The lowest BCUT2D eigenvalue weighted by atomic mass is 10.1. The standard InChI is InChI=1S/C21H19N3O4/c1-27-17-8-15-16(9-18(17)28-2)23-19(24-21(15)26)7-12-6-13-4-3-5-14(11-25)20(13)22-10-12/h3-6,8-10,25H,7,11H2,1-2H3,(H,23,24,26). The van der Waals surface area contributed by atoms with Crippen LogP contribution in [0.25, 0.3) is 21.8 Å². The number of fused-ring (bicyclic) bond motifs is 2. The predicted molar refractivity (Wildman–Crippen MR) is 106 cm³/mol. The molecule has 2 aromatic carbocycles. The molecule has 2 heterocycles. The monoisotopic (exact) mass is 377 g/mol. The van der Waals surface area contributed by atoms with E-state index in [2.05, 4.69) is 15.0 Å². The number of H-pyrrole nitrogens is 1. The van der Waals surface area contributed by atoms with Gasteiger partial charge in [0.1, 0.15) is 5.82 Å². The van der Waals surface area contributed by atoms with Gasteiger partial charge in [0, 0.05) is 29.6 Å². The first kappa shape index (κ1) is 17.9. The maximum absolute atomic E-state index is 12.5. The van der Waals surface area contributed by atoms with Gasteiger partial charge in [0.2, 0.25) is 0 Å². The molecule has 0 radical (unpaired) electrons. The molecule has 0 spiro atoms. The summed E-state index contributed by atoms with van der Waals surface area (Å²) in [6, 6.07) is 11.0. The highest BCUT2D eigenvalue weighted by Crippen LogP contribution is 2.30. The van der Waals surface area contributed by atoms with E-state index in [-0.39, 0.29) is 12.2 Å². The quantitative estimate of drug-likeness (QED) is 0.555. The lowest BCUT2D eigenvalue weighted by Gasteiger charge is -2.10. The van der Waals surface area contributed by atoms with Gasteiger partial charge >= 0.3 is 0 Å². The number of methoxy groups -OCH3 is 2. The first-order valence-electron chi connectivity index (χ1n) is 8.75. The van der Waals surface area contributed by atoms with Crippen molar-refractivity contribution in [2.24, 2.45) is 0 Å². The van der Waals surface area contributed by atoms with Crippen LogP contribution in [0.3, 0.4) is 0 Å². The molecular weight excluding hydrogens is 358 g/mol. The third-order valence-electron chi connectivity index (χ3n) is 4.65. The van der Waals surface area contributed by atoms with Crippen molar-refractivity contribution in [2.75, 3.05) is 14.2 Å². The Labute approximate surface area is 160 Å². The fourth-order valence-electron chi connectivity index (χ4n) is 3.29. The molecule has 0 aliphatic rings. The number of hydrogen-bond acceptors (Lipinski definition) is 6. The van der Waals surface area contributed by atoms with Crippen molar-refractivity contribution in [2.45, 2.75) is 13.0 Å². The molecule has 28 heavy (non-hydrogen) atoms. The van der Waals surface area contributed by atoms with Crippen LogP contribution in [-0.2, 0) is 13.0 Å². The number of aromatic nitrogens is 3. The summed E-state index contributed by atoms with van der Waals surface area (Å²) in [5.74, 6) is 1.53. The van der Waals surface area contributed by atoms with Crippen LogP contribution in [0, 0.1) is 0 Å². The summed E-state index contributed by atoms with van der Waals surface area (Å²) in [5.41, 5.74) is 2.75. The maximum Gasteiger partial charge on any atom is 0.258 e. The van der Waals surface area contributed by atoms with E-state index in [1.807, 2.05) is 24.3 Å². The Morgan fingerprint density at radius 1 is 1.11 bits per heavy atom. The Balaban J connectivity index is 1.75. The maximum atomic E-state index is 12.5. The molecule has 0 saturated carbocycles. The fraction of sp³-hybridized carbons (Fsp3) is 0.190. The Bertz CT molecular complexity index is 1230. The second kappa shape index (κ2) is 7.28. The topological polar surface area (TPSA) is 97.3 Å². The van der Waals surface area contributed by atoms with Crippen molar-refractivity contribution in [1.29, 1.82) is 0 Å². The third kappa shape index (κ3) is 3.16. The van der Waals surface area contributed by atoms with E-state index in [1.165, 1.54) is 7.11 Å². The average molecular weight is 377 g/mol. The smallest absolute Gasteiger partial charge is 0.258 e. The second-order valence-electron chi connectivity index (χ2n) is 6.40. The number of aliphatic hydroxyl groups is 1. The van der Waals surface area contributed by atoms with E-state index in [4.69, 9.17) is 9.47 Å². The first-order valence-corrected chi connectivity index (χ1v) is 8.75. The normalized spacial score (nSPS) is 11.1. The highest BCUT2D eigenvalue weighted by molar-refractivity contribution is 5.83. The number of aromatic amines is 1. The van der Waals surface area contributed by atoms with E-state index < -0.39 is 0 Å². The molecule has 0 atom stereocenters. The number of para-hydroxylation sites is 1. The minimum Gasteiger partial charge on any atom is -0.493 e. The molecule has 0 aliphatic carbocycles. The summed E-state index contributed by atoms with van der Waals surface area (Å²) in [5, 5.41) is 10.8. The van der Waals surface area contributed by atoms with E-state index >= 15 is 0 Å². The summed E-state index contributed by atoms with van der Waals surface area (Å²) in [6.07, 6.45) is 2.16. The van der Waals surface area contributed by atoms with Gasteiger partial charge in [-0.15, -0.1) is 0 Å². The zero-order chi connectivity index (χ0) is 19.7. The highest BCUT2D eigenvalue weighted by Gasteiger charge is 2.12. The van der Waals surface area contributed by atoms with Crippen LogP contribution in [0.5, 0.6) is 11.5 Å². The van der Waals surface area contributed by atoms with Crippen LogP contribution >= 0.6 is 0 Å². The van der Waals surface area contributed by atoms with Crippen LogP contribution in [-0.4, -0.2) is 34.3 Å². The molecule has 7 heteroatoms. The van der Waals surface area contributed by atoms with E-state index in [1.54, 1.807) is 25.4 Å². The molecular formula is C21H19N3O4. The Morgan fingerprint density at radius 2 is 1.89 bits per heavy atom. The molecule has 0 saturated heterocycles.